The summed E-state index contributed by atoms with van der Waals surface area (Å²) in [5.41, 5.74) is 5.79. The van der Waals surface area contributed by atoms with Gasteiger partial charge in [-0.2, -0.15) is 0 Å². The van der Waals surface area contributed by atoms with Crippen LogP contribution in [-0.2, 0) is 19.6 Å². The SMILES string of the molecule is COC(C(=O)NS(=O)(=O)c1ccc(C(N)=O)cc1)c1ccccc1. The number of methoxy groups -OCH3 is 1. The highest BCUT2D eigenvalue weighted by atomic mass is 32.2. The number of carbonyl (C=O) groups excluding carboxylic acids is 2. The highest BCUT2D eigenvalue weighted by molar-refractivity contribution is 7.90. The molecule has 8 heteroatoms. The van der Waals surface area contributed by atoms with Gasteiger partial charge in [-0.1, -0.05) is 30.3 Å². The molecule has 2 aromatic rings. The van der Waals surface area contributed by atoms with Gasteiger partial charge in [0.1, 0.15) is 0 Å². The van der Waals surface area contributed by atoms with Gasteiger partial charge in [0.2, 0.25) is 5.91 Å². The van der Waals surface area contributed by atoms with Crippen LogP contribution in [0.2, 0.25) is 0 Å². The Morgan fingerprint density at radius 3 is 2.12 bits per heavy atom. The highest BCUT2D eigenvalue weighted by Gasteiger charge is 2.25. The van der Waals surface area contributed by atoms with Gasteiger partial charge in [0.25, 0.3) is 15.9 Å². The first-order valence-corrected chi connectivity index (χ1v) is 8.38. The second-order valence-electron chi connectivity index (χ2n) is 4.88. The van der Waals surface area contributed by atoms with Crippen LogP contribution in [0.1, 0.15) is 22.0 Å². The molecule has 7 nitrogen and oxygen atoms in total. The first kappa shape index (κ1) is 17.6. The smallest absolute Gasteiger partial charge is 0.267 e. The van der Waals surface area contributed by atoms with E-state index in [0.29, 0.717) is 5.56 Å². The first-order chi connectivity index (χ1) is 11.3. The average molecular weight is 348 g/mol. The van der Waals surface area contributed by atoms with Crippen LogP contribution in [0.25, 0.3) is 0 Å². The van der Waals surface area contributed by atoms with Crippen LogP contribution in [-0.4, -0.2) is 27.3 Å². The summed E-state index contributed by atoms with van der Waals surface area (Å²) in [5, 5.41) is 0. The van der Waals surface area contributed by atoms with Crippen molar-refractivity contribution < 1.29 is 22.7 Å². The quantitative estimate of drug-likeness (QED) is 0.807. The zero-order valence-electron chi connectivity index (χ0n) is 12.8. The molecule has 0 radical (unpaired) electrons. The van der Waals surface area contributed by atoms with Crippen molar-refractivity contribution in [2.45, 2.75) is 11.0 Å². The summed E-state index contributed by atoms with van der Waals surface area (Å²) in [6.07, 6.45) is -1.06. The van der Waals surface area contributed by atoms with Crippen LogP contribution in [0.3, 0.4) is 0 Å². The van der Waals surface area contributed by atoms with Crippen molar-refractivity contribution in [1.29, 1.82) is 0 Å². The van der Waals surface area contributed by atoms with E-state index in [2.05, 4.69) is 0 Å². The van der Waals surface area contributed by atoms with Crippen molar-refractivity contribution >= 4 is 21.8 Å². The number of benzene rings is 2. The first-order valence-electron chi connectivity index (χ1n) is 6.89. The fourth-order valence-corrected chi connectivity index (χ4v) is 3.05. The fourth-order valence-electron chi connectivity index (χ4n) is 2.07. The van der Waals surface area contributed by atoms with Crippen molar-refractivity contribution in [3.8, 4) is 0 Å². The Morgan fingerprint density at radius 2 is 1.62 bits per heavy atom. The normalized spacial score (nSPS) is 12.4. The molecule has 2 aromatic carbocycles. The third-order valence-electron chi connectivity index (χ3n) is 3.26. The van der Waals surface area contributed by atoms with Gasteiger partial charge in [-0.05, 0) is 29.8 Å². The maximum atomic E-state index is 12.3. The molecule has 1 unspecified atom stereocenters. The van der Waals surface area contributed by atoms with Crippen molar-refractivity contribution in [2.24, 2.45) is 5.73 Å². The van der Waals surface area contributed by atoms with E-state index in [1.54, 1.807) is 30.3 Å². The Balaban J connectivity index is 2.21. The topological polar surface area (TPSA) is 116 Å². The number of hydrogen-bond acceptors (Lipinski definition) is 5. The maximum absolute atomic E-state index is 12.3. The van der Waals surface area contributed by atoms with Gasteiger partial charge in [0.05, 0.1) is 4.90 Å². The predicted molar refractivity (Wildman–Crippen MR) is 86.5 cm³/mol. The van der Waals surface area contributed by atoms with Gasteiger partial charge >= 0.3 is 0 Å². The van der Waals surface area contributed by atoms with Crippen LogP contribution in [0, 0.1) is 0 Å². The maximum Gasteiger partial charge on any atom is 0.267 e. The number of ether oxygens (including phenoxy) is 1. The number of nitrogens with two attached hydrogens (primary N) is 1. The molecule has 3 N–H and O–H groups in total. The number of sulfonamides is 1. The summed E-state index contributed by atoms with van der Waals surface area (Å²) < 4.78 is 31.6. The number of hydrogen-bond donors (Lipinski definition) is 2. The minimum Gasteiger partial charge on any atom is -0.367 e. The van der Waals surface area contributed by atoms with Crippen LogP contribution >= 0.6 is 0 Å². The highest BCUT2D eigenvalue weighted by Crippen LogP contribution is 2.18. The van der Waals surface area contributed by atoms with E-state index in [1.165, 1.54) is 31.4 Å². The summed E-state index contributed by atoms with van der Waals surface area (Å²) in [5.74, 6) is -1.49. The molecule has 0 aliphatic rings. The lowest BCUT2D eigenvalue weighted by Crippen LogP contribution is -2.35. The summed E-state index contributed by atoms with van der Waals surface area (Å²) in [6.45, 7) is 0. The van der Waals surface area contributed by atoms with E-state index in [1.807, 2.05) is 4.72 Å². The minimum absolute atomic E-state index is 0.163. The molecular formula is C16H16N2O5S. The molecule has 0 fully saturated rings. The molecule has 0 aliphatic heterocycles. The minimum atomic E-state index is -4.10. The summed E-state index contributed by atoms with van der Waals surface area (Å²) in [4.78, 5) is 23.1. The molecule has 0 bridgehead atoms. The molecule has 24 heavy (non-hydrogen) atoms. The third kappa shape index (κ3) is 3.98. The molecule has 2 amide bonds. The lowest BCUT2D eigenvalue weighted by molar-refractivity contribution is -0.129. The van der Waals surface area contributed by atoms with E-state index < -0.39 is 27.9 Å². The van der Waals surface area contributed by atoms with E-state index >= 15 is 0 Å². The van der Waals surface area contributed by atoms with Gasteiger partial charge in [-0.15, -0.1) is 0 Å². The number of carbonyl (C=O) groups is 2. The molecule has 126 valence electrons. The predicted octanol–water partition coefficient (Wildman–Crippen LogP) is 0.978. The van der Waals surface area contributed by atoms with Crippen molar-refractivity contribution in [3.05, 3.63) is 65.7 Å². The van der Waals surface area contributed by atoms with Crippen molar-refractivity contribution in [2.75, 3.05) is 7.11 Å². The zero-order chi connectivity index (χ0) is 17.7. The molecule has 0 spiro atoms. The van der Waals surface area contributed by atoms with Gasteiger partial charge in [-0.3, -0.25) is 9.59 Å². The van der Waals surface area contributed by atoms with E-state index in [-0.39, 0.29) is 10.5 Å². The molecule has 0 saturated heterocycles. The van der Waals surface area contributed by atoms with Crippen LogP contribution in [0.5, 0.6) is 0 Å². The van der Waals surface area contributed by atoms with Gasteiger partial charge in [0.15, 0.2) is 6.10 Å². The summed E-state index contributed by atoms with van der Waals surface area (Å²) in [6, 6.07) is 13.4. The Labute approximate surface area is 139 Å². The monoisotopic (exact) mass is 348 g/mol. The van der Waals surface area contributed by atoms with Crippen LogP contribution in [0.4, 0.5) is 0 Å². The number of nitrogens with one attached hydrogen (secondary N) is 1. The number of primary amides is 1. The third-order valence-corrected chi connectivity index (χ3v) is 4.62. The molecular weight excluding hydrogens is 332 g/mol. The lowest BCUT2D eigenvalue weighted by Gasteiger charge is -2.15. The van der Waals surface area contributed by atoms with Crippen molar-refractivity contribution in [1.82, 2.24) is 4.72 Å². The van der Waals surface area contributed by atoms with Crippen LogP contribution in [0.15, 0.2) is 59.5 Å². The summed E-state index contributed by atoms with van der Waals surface area (Å²) in [7, 11) is -2.79. The Bertz CT molecular complexity index is 833. The van der Waals surface area contributed by atoms with E-state index in [9.17, 15) is 18.0 Å². The van der Waals surface area contributed by atoms with Gasteiger partial charge in [0, 0.05) is 12.7 Å². The van der Waals surface area contributed by atoms with E-state index in [0.717, 1.165) is 0 Å². The van der Waals surface area contributed by atoms with Crippen molar-refractivity contribution in [3.63, 3.8) is 0 Å². The average Bonchev–Trinajstić information content (AvgIpc) is 2.56. The summed E-state index contributed by atoms with van der Waals surface area (Å²) >= 11 is 0. The molecule has 0 aromatic heterocycles. The Hall–Kier alpha value is -2.71. The molecule has 1 atom stereocenters. The Morgan fingerprint density at radius 1 is 1.04 bits per heavy atom. The van der Waals surface area contributed by atoms with Gasteiger partial charge < -0.3 is 10.5 Å². The zero-order valence-corrected chi connectivity index (χ0v) is 13.6. The van der Waals surface area contributed by atoms with E-state index in [4.69, 9.17) is 10.5 Å². The molecule has 2 rings (SSSR count). The fraction of sp³-hybridized carbons (Fsp3) is 0.125. The molecule has 0 heterocycles. The Kier molecular flexibility index (Phi) is 5.32. The molecule has 0 aliphatic carbocycles. The standard InChI is InChI=1S/C16H16N2O5S/c1-23-14(11-5-3-2-4-6-11)16(20)18-24(21,22)13-9-7-12(8-10-13)15(17)19/h2-10,14H,1H3,(H2,17,19)(H,18,20). The van der Waals surface area contributed by atoms with Crippen LogP contribution < -0.4 is 10.5 Å². The second-order valence-corrected chi connectivity index (χ2v) is 6.57. The second kappa shape index (κ2) is 7.24. The lowest BCUT2D eigenvalue weighted by atomic mass is 10.1. The molecule has 0 saturated carbocycles. The largest absolute Gasteiger partial charge is 0.367 e. The van der Waals surface area contributed by atoms with Gasteiger partial charge in [-0.25, -0.2) is 13.1 Å². The number of rotatable bonds is 6. The number of amides is 2.